The Balaban J connectivity index is 2.27. The van der Waals surface area contributed by atoms with Crippen LogP contribution in [-0.4, -0.2) is 4.98 Å². The molecule has 1 N–H and O–H groups in total. The first-order valence-corrected chi connectivity index (χ1v) is 5.62. The Bertz CT molecular complexity index is 487. The maximum Gasteiger partial charge on any atom is 0.188 e. The summed E-state index contributed by atoms with van der Waals surface area (Å²) in [5, 5.41) is 5.97. The molecule has 78 valence electrons. The topological polar surface area (TPSA) is 24.9 Å². The maximum atomic E-state index is 12.9. The van der Waals surface area contributed by atoms with Crippen LogP contribution in [-0.2, 0) is 0 Å². The Morgan fingerprint density at radius 2 is 2.13 bits per heavy atom. The van der Waals surface area contributed by atoms with E-state index in [4.69, 9.17) is 23.2 Å². The van der Waals surface area contributed by atoms with Crippen LogP contribution < -0.4 is 5.32 Å². The Labute approximate surface area is 99.7 Å². The molecule has 1 heterocycles. The molecule has 0 unspecified atom stereocenters. The van der Waals surface area contributed by atoms with E-state index < -0.39 is 0 Å². The molecule has 6 heteroatoms. The Morgan fingerprint density at radius 1 is 1.33 bits per heavy atom. The molecule has 15 heavy (non-hydrogen) atoms. The molecule has 0 atom stereocenters. The second-order valence-corrected chi connectivity index (χ2v) is 4.38. The van der Waals surface area contributed by atoms with E-state index in [9.17, 15) is 4.39 Å². The summed E-state index contributed by atoms with van der Waals surface area (Å²) in [6, 6.07) is 4.08. The zero-order valence-corrected chi connectivity index (χ0v) is 9.63. The first kappa shape index (κ1) is 10.7. The summed E-state index contributed by atoms with van der Waals surface area (Å²) in [6.45, 7) is 0. The van der Waals surface area contributed by atoms with Crippen LogP contribution in [0.3, 0.4) is 0 Å². The quantitative estimate of drug-likeness (QED) is 0.872. The van der Waals surface area contributed by atoms with Crippen LogP contribution in [0.15, 0.2) is 23.6 Å². The lowest BCUT2D eigenvalue weighted by Gasteiger charge is -2.04. The van der Waals surface area contributed by atoms with E-state index in [2.05, 4.69) is 10.3 Å². The fraction of sp³-hybridized carbons (Fsp3) is 0. The van der Waals surface area contributed by atoms with Gasteiger partial charge in [0.2, 0.25) is 0 Å². The average Bonchev–Trinajstić information content (AvgIpc) is 2.58. The van der Waals surface area contributed by atoms with Gasteiger partial charge in [0.05, 0.1) is 10.7 Å². The van der Waals surface area contributed by atoms with Gasteiger partial charge in [-0.3, -0.25) is 0 Å². The summed E-state index contributed by atoms with van der Waals surface area (Å²) in [5.74, 6) is -0.357. The summed E-state index contributed by atoms with van der Waals surface area (Å²) in [7, 11) is 0. The summed E-state index contributed by atoms with van der Waals surface area (Å²) in [6.07, 6.45) is 0. The van der Waals surface area contributed by atoms with Crippen molar-refractivity contribution in [3.63, 3.8) is 0 Å². The highest BCUT2D eigenvalue weighted by molar-refractivity contribution is 7.14. The van der Waals surface area contributed by atoms with Gasteiger partial charge in [0.25, 0.3) is 0 Å². The molecule has 2 aromatic rings. The molecular formula is C9H5Cl2FN2S. The number of nitrogens with one attached hydrogen (secondary N) is 1. The van der Waals surface area contributed by atoms with Gasteiger partial charge in [0.1, 0.15) is 11.0 Å². The van der Waals surface area contributed by atoms with E-state index in [1.807, 2.05) is 0 Å². The van der Waals surface area contributed by atoms with Crippen molar-refractivity contribution in [2.45, 2.75) is 0 Å². The molecule has 0 aliphatic carbocycles. The number of aromatic nitrogens is 1. The van der Waals surface area contributed by atoms with Crippen LogP contribution in [0, 0.1) is 5.82 Å². The molecule has 0 saturated heterocycles. The maximum absolute atomic E-state index is 12.9. The molecule has 0 saturated carbocycles. The van der Waals surface area contributed by atoms with Crippen molar-refractivity contribution < 1.29 is 4.39 Å². The van der Waals surface area contributed by atoms with Crippen molar-refractivity contribution in [3.8, 4) is 0 Å². The van der Waals surface area contributed by atoms with Crippen LogP contribution in [0.2, 0.25) is 10.2 Å². The summed E-state index contributed by atoms with van der Waals surface area (Å²) in [4.78, 5) is 3.97. The minimum absolute atomic E-state index is 0.357. The predicted octanol–water partition coefficient (Wildman–Crippen LogP) is 4.33. The smallest absolute Gasteiger partial charge is 0.188 e. The van der Waals surface area contributed by atoms with Crippen LogP contribution in [0.5, 0.6) is 0 Å². The van der Waals surface area contributed by atoms with Gasteiger partial charge in [0.15, 0.2) is 5.13 Å². The van der Waals surface area contributed by atoms with Gasteiger partial charge >= 0.3 is 0 Å². The molecule has 1 aromatic carbocycles. The monoisotopic (exact) mass is 262 g/mol. The third-order valence-corrected chi connectivity index (χ3v) is 3.06. The third-order valence-electron chi connectivity index (χ3n) is 1.65. The normalized spacial score (nSPS) is 10.3. The van der Waals surface area contributed by atoms with E-state index in [-0.39, 0.29) is 5.82 Å². The standard InChI is InChI=1S/C9H5Cl2FN2S/c10-6-2-1-5(12)3-7(6)13-9-14-8(11)4-15-9/h1-4H,(H,13,14). The van der Waals surface area contributed by atoms with E-state index in [1.165, 1.54) is 29.5 Å². The number of hydrogen-bond acceptors (Lipinski definition) is 3. The number of nitrogens with zero attached hydrogens (tertiary/aromatic N) is 1. The van der Waals surface area contributed by atoms with Crippen molar-refractivity contribution in [3.05, 3.63) is 39.6 Å². The fourth-order valence-corrected chi connectivity index (χ4v) is 2.03. The Morgan fingerprint density at radius 3 is 2.80 bits per heavy atom. The van der Waals surface area contributed by atoms with Gasteiger partial charge in [-0.2, -0.15) is 0 Å². The predicted molar refractivity (Wildman–Crippen MR) is 61.8 cm³/mol. The second-order valence-electron chi connectivity index (χ2n) is 2.72. The number of hydrogen-bond donors (Lipinski definition) is 1. The van der Waals surface area contributed by atoms with E-state index >= 15 is 0 Å². The van der Waals surface area contributed by atoms with E-state index in [1.54, 1.807) is 5.38 Å². The van der Waals surface area contributed by atoms with Crippen LogP contribution in [0.1, 0.15) is 0 Å². The van der Waals surface area contributed by atoms with Gasteiger partial charge in [-0.15, -0.1) is 11.3 Å². The van der Waals surface area contributed by atoms with Gasteiger partial charge in [-0.05, 0) is 18.2 Å². The molecule has 2 rings (SSSR count). The fourth-order valence-electron chi connectivity index (χ4n) is 1.02. The lowest BCUT2D eigenvalue weighted by Crippen LogP contribution is -1.91. The number of anilines is 2. The first-order chi connectivity index (χ1) is 7.15. The first-order valence-electron chi connectivity index (χ1n) is 3.98. The highest BCUT2D eigenvalue weighted by Gasteiger charge is 2.05. The number of thiazole rings is 1. The zero-order chi connectivity index (χ0) is 10.8. The minimum Gasteiger partial charge on any atom is -0.330 e. The van der Waals surface area contributed by atoms with Gasteiger partial charge in [-0.25, -0.2) is 9.37 Å². The number of rotatable bonds is 2. The highest BCUT2D eigenvalue weighted by Crippen LogP contribution is 2.28. The zero-order valence-electron chi connectivity index (χ0n) is 7.30. The molecule has 0 radical (unpaired) electrons. The largest absolute Gasteiger partial charge is 0.330 e. The van der Waals surface area contributed by atoms with Crippen molar-refractivity contribution in [2.75, 3.05) is 5.32 Å². The Hall–Kier alpha value is -0.840. The molecule has 0 aliphatic heterocycles. The highest BCUT2D eigenvalue weighted by atomic mass is 35.5. The van der Waals surface area contributed by atoms with E-state index in [0.29, 0.717) is 21.0 Å². The van der Waals surface area contributed by atoms with Crippen molar-refractivity contribution in [1.29, 1.82) is 0 Å². The van der Waals surface area contributed by atoms with Gasteiger partial charge in [-0.1, -0.05) is 23.2 Å². The van der Waals surface area contributed by atoms with E-state index in [0.717, 1.165) is 0 Å². The molecule has 2 nitrogen and oxygen atoms in total. The molecule has 0 fully saturated rings. The molecule has 0 spiro atoms. The summed E-state index contributed by atoms with van der Waals surface area (Å²) < 4.78 is 12.9. The lowest BCUT2D eigenvalue weighted by molar-refractivity contribution is 0.628. The van der Waals surface area contributed by atoms with Gasteiger partial charge in [0, 0.05) is 5.38 Å². The lowest BCUT2D eigenvalue weighted by atomic mass is 10.3. The van der Waals surface area contributed by atoms with Gasteiger partial charge < -0.3 is 5.32 Å². The average molecular weight is 263 g/mol. The van der Waals surface area contributed by atoms with Crippen molar-refractivity contribution in [1.82, 2.24) is 4.98 Å². The number of halogens is 3. The Kier molecular flexibility index (Phi) is 3.09. The summed E-state index contributed by atoms with van der Waals surface area (Å²) >= 11 is 12.8. The molecular weight excluding hydrogens is 258 g/mol. The molecule has 1 aromatic heterocycles. The van der Waals surface area contributed by atoms with Crippen LogP contribution in [0.4, 0.5) is 15.2 Å². The molecule has 0 bridgehead atoms. The number of benzene rings is 1. The van der Waals surface area contributed by atoms with Crippen LogP contribution in [0.25, 0.3) is 0 Å². The van der Waals surface area contributed by atoms with Crippen LogP contribution >= 0.6 is 34.5 Å². The third kappa shape index (κ3) is 2.59. The SMILES string of the molecule is Fc1ccc(Cl)c(Nc2nc(Cl)cs2)c1. The van der Waals surface area contributed by atoms with Crippen molar-refractivity contribution in [2.24, 2.45) is 0 Å². The second kappa shape index (κ2) is 4.35. The van der Waals surface area contributed by atoms with Crippen molar-refractivity contribution >= 4 is 45.4 Å². The minimum atomic E-state index is -0.357. The molecule has 0 amide bonds. The molecule has 0 aliphatic rings. The summed E-state index contributed by atoms with van der Waals surface area (Å²) in [5.41, 5.74) is 0.475.